The number of amides is 2. The maximum absolute atomic E-state index is 13.0. The predicted octanol–water partition coefficient (Wildman–Crippen LogP) is 3.91. The highest BCUT2D eigenvalue weighted by Gasteiger charge is 2.39. The molecule has 214 valence electrons. The zero-order valence-electron chi connectivity index (χ0n) is 22.0. The molecule has 2 aromatic heterocycles. The molecule has 0 radical (unpaired) electrons. The number of nitrogens with zero attached hydrogens (tertiary/aromatic N) is 6. The van der Waals surface area contributed by atoms with Crippen LogP contribution >= 0.6 is 0 Å². The van der Waals surface area contributed by atoms with Gasteiger partial charge in [0.05, 0.1) is 25.0 Å². The summed E-state index contributed by atoms with van der Waals surface area (Å²) in [6, 6.07) is 3.13. The molecule has 1 N–H and O–H groups in total. The van der Waals surface area contributed by atoms with Crippen LogP contribution in [-0.2, 0) is 11.3 Å². The molecule has 2 fully saturated rings. The van der Waals surface area contributed by atoms with Crippen molar-refractivity contribution in [2.45, 2.75) is 76.5 Å². The van der Waals surface area contributed by atoms with E-state index in [1.54, 1.807) is 20.8 Å². The molecule has 0 unspecified atom stereocenters. The number of ether oxygens (including phenoxy) is 2. The fourth-order valence-corrected chi connectivity index (χ4v) is 4.60. The van der Waals surface area contributed by atoms with Gasteiger partial charge in [-0.3, -0.25) is 4.79 Å². The number of alkyl halides is 3. The second-order valence-electron chi connectivity index (χ2n) is 10.8. The summed E-state index contributed by atoms with van der Waals surface area (Å²) in [7, 11) is 0. The summed E-state index contributed by atoms with van der Waals surface area (Å²) in [6.07, 6.45) is -0.209. The van der Waals surface area contributed by atoms with Crippen LogP contribution in [0.25, 0.3) is 11.5 Å². The highest BCUT2D eigenvalue weighted by Crippen LogP contribution is 2.45. The van der Waals surface area contributed by atoms with Crippen molar-refractivity contribution in [3.8, 4) is 17.2 Å². The Balaban J connectivity index is 1.31. The van der Waals surface area contributed by atoms with Crippen LogP contribution in [0.2, 0.25) is 0 Å². The standard InChI is InChI=1S/C25H28F3N7O5/c1-24(2,3)40-23(37)34-12-15(10-16(34)13-35-29-8-9-30-35)31-20(36)22-33-32-21(38-22)19-11-17(39-25(26,27)28)6-7-18(19)14-4-5-14/h6-9,11,14-16H,4-5,10,12-13H2,1-3H3,(H,31,36)/t15-,16+/m1/s1. The fraction of sp³-hybridized carbons (Fsp3) is 0.520. The first-order chi connectivity index (χ1) is 18.8. The summed E-state index contributed by atoms with van der Waals surface area (Å²) in [5.41, 5.74) is 0.304. The van der Waals surface area contributed by atoms with E-state index in [9.17, 15) is 22.8 Å². The molecule has 0 bridgehead atoms. The van der Waals surface area contributed by atoms with Gasteiger partial charge in [0, 0.05) is 18.2 Å². The lowest BCUT2D eigenvalue weighted by Gasteiger charge is -2.28. The molecule has 0 spiro atoms. The minimum atomic E-state index is -4.86. The summed E-state index contributed by atoms with van der Waals surface area (Å²) in [5, 5.41) is 18.7. The molecular weight excluding hydrogens is 535 g/mol. The number of halogens is 3. The summed E-state index contributed by atoms with van der Waals surface area (Å²) in [4.78, 5) is 28.9. The molecule has 2 atom stereocenters. The normalized spacial score (nSPS) is 19.5. The largest absolute Gasteiger partial charge is 0.573 e. The van der Waals surface area contributed by atoms with Crippen LogP contribution in [0.15, 0.2) is 35.0 Å². The van der Waals surface area contributed by atoms with Crippen LogP contribution in [-0.4, -0.2) is 72.7 Å². The van der Waals surface area contributed by atoms with Crippen LogP contribution in [0.3, 0.4) is 0 Å². The molecule has 3 aromatic rings. The van der Waals surface area contributed by atoms with Crippen molar-refractivity contribution in [2.75, 3.05) is 6.54 Å². The molecule has 3 heterocycles. The third-order valence-corrected chi connectivity index (χ3v) is 6.34. The zero-order valence-corrected chi connectivity index (χ0v) is 22.0. The Bertz CT molecular complexity index is 1370. The van der Waals surface area contributed by atoms with E-state index in [-0.39, 0.29) is 35.8 Å². The van der Waals surface area contributed by atoms with Gasteiger partial charge in [-0.1, -0.05) is 6.07 Å². The number of rotatable bonds is 7. The second-order valence-corrected chi connectivity index (χ2v) is 10.8. The van der Waals surface area contributed by atoms with Crippen LogP contribution in [0.5, 0.6) is 5.75 Å². The topological polar surface area (TPSA) is 138 Å². The van der Waals surface area contributed by atoms with E-state index in [1.807, 2.05) is 0 Å². The van der Waals surface area contributed by atoms with Gasteiger partial charge in [0.25, 0.3) is 0 Å². The third kappa shape index (κ3) is 6.69. The molecule has 1 aliphatic heterocycles. The highest BCUT2D eigenvalue weighted by atomic mass is 19.4. The SMILES string of the molecule is CC(C)(C)OC(=O)N1C[C@H](NC(=O)c2nnc(-c3cc(OC(F)(F)F)ccc3C3CC3)o2)C[C@H]1Cn1nccn1. The Morgan fingerprint density at radius 2 is 1.85 bits per heavy atom. The van der Waals surface area contributed by atoms with Gasteiger partial charge >= 0.3 is 24.3 Å². The van der Waals surface area contributed by atoms with E-state index < -0.39 is 35.8 Å². The quantitative estimate of drug-likeness (QED) is 0.453. The van der Waals surface area contributed by atoms with E-state index in [1.165, 1.54) is 40.3 Å². The zero-order chi connectivity index (χ0) is 28.7. The molecule has 2 aliphatic rings. The van der Waals surface area contributed by atoms with Gasteiger partial charge in [-0.15, -0.1) is 23.4 Å². The lowest BCUT2D eigenvalue weighted by atomic mass is 10.0. The number of likely N-dealkylation sites (tertiary alicyclic amines) is 1. The van der Waals surface area contributed by atoms with Gasteiger partial charge in [0.1, 0.15) is 11.4 Å². The van der Waals surface area contributed by atoms with Crippen molar-refractivity contribution in [3.05, 3.63) is 42.0 Å². The van der Waals surface area contributed by atoms with E-state index >= 15 is 0 Å². The highest BCUT2D eigenvalue weighted by molar-refractivity contribution is 5.90. The van der Waals surface area contributed by atoms with Gasteiger partial charge < -0.3 is 24.1 Å². The summed E-state index contributed by atoms with van der Waals surface area (Å²) < 4.78 is 53.5. The Kier molecular flexibility index (Phi) is 7.14. The Morgan fingerprint density at radius 3 is 2.50 bits per heavy atom. The van der Waals surface area contributed by atoms with Crippen LogP contribution in [0, 0.1) is 0 Å². The lowest BCUT2D eigenvalue weighted by Crippen LogP contribution is -2.43. The number of carbonyl (C=O) groups excluding carboxylic acids is 2. The van der Waals surface area contributed by atoms with E-state index in [0.717, 1.165) is 18.4 Å². The van der Waals surface area contributed by atoms with E-state index in [2.05, 4.69) is 30.4 Å². The first-order valence-electron chi connectivity index (χ1n) is 12.7. The molecule has 1 aliphatic carbocycles. The van der Waals surface area contributed by atoms with Crippen LogP contribution in [0.4, 0.5) is 18.0 Å². The smallest absolute Gasteiger partial charge is 0.444 e. The first kappa shape index (κ1) is 27.4. The van der Waals surface area contributed by atoms with Crippen molar-refractivity contribution in [1.29, 1.82) is 0 Å². The minimum Gasteiger partial charge on any atom is -0.444 e. The Labute approximate surface area is 226 Å². The number of carbonyl (C=O) groups is 2. The molecule has 40 heavy (non-hydrogen) atoms. The van der Waals surface area contributed by atoms with E-state index in [0.29, 0.717) is 13.0 Å². The molecule has 2 amide bonds. The molecular formula is C25H28F3N7O5. The monoisotopic (exact) mass is 563 g/mol. The van der Waals surface area contributed by atoms with Gasteiger partial charge in [-0.2, -0.15) is 15.0 Å². The first-order valence-corrected chi connectivity index (χ1v) is 12.7. The Morgan fingerprint density at radius 1 is 1.12 bits per heavy atom. The van der Waals surface area contributed by atoms with Crippen LogP contribution < -0.4 is 10.1 Å². The molecule has 5 rings (SSSR count). The minimum absolute atomic E-state index is 0.0934. The average Bonchev–Trinajstić information content (AvgIpc) is 3.21. The summed E-state index contributed by atoms with van der Waals surface area (Å²) in [6.45, 7) is 5.74. The summed E-state index contributed by atoms with van der Waals surface area (Å²) >= 11 is 0. The third-order valence-electron chi connectivity index (χ3n) is 6.34. The predicted molar refractivity (Wildman–Crippen MR) is 131 cm³/mol. The molecule has 1 aromatic carbocycles. The molecule has 1 saturated carbocycles. The molecule has 1 saturated heterocycles. The van der Waals surface area contributed by atoms with E-state index in [4.69, 9.17) is 9.15 Å². The van der Waals surface area contributed by atoms with Gasteiger partial charge in [0.2, 0.25) is 5.89 Å². The maximum Gasteiger partial charge on any atom is 0.573 e. The van der Waals surface area contributed by atoms with Gasteiger partial charge in [0.15, 0.2) is 0 Å². The fourth-order valence-electron chi connectivity index (χ4n) is 4.60. The number of hydrogen-bond acceptors (Lipinski definition) is 9. The van der Waals surface area contributed by atoms with Gasteiger partial charge in [-0.25, -0.2) is 4.79 Å². The molecule has 12 nitrogen and oxygen atoms in total. The number of hydrogen-bond donors (Lipinski definition) is 1. The maximum atomic E-state index is 13.0. The summed E-state index contributed by atoms with van der Waals surface area (Å²) in [5.74, 6) is -1.41. The number of benzene rings is 1. The number of nitrogens with one attached hydrogen (secondary N) is 1. The van der Waals surface area contributed by atoms with Gasteiger partial charge in [-0.05, 0) is 63.6 Å². The van der Waals surface area contributed by atoms with Crippen molar-refractivity contribution < 1.29 is 36.7 Å². The van der Waals surface area contributed by atoms with Crippen molar-refractivity contribution in [3.63, 3.8) is 0 Å². The molecule has 15 heteroatoms. The average molecular weight is 564 g/mol. The van der Waals surface area contributed by atoms with Crippen molar-refractivity contribution >= 4 is 12.0 Å². The van der Waals surface area contributed by atoms with Crippen LogP contribution in [0.1, 0.15) is 62.2 Å². The van der Waals surface area contributed by atoms with Crippen molar-refractivity contribution in [1.82, 2.24) is 35.4 Å². The van der Waals surface area contributed by atoms with Crippen molar-refractivity contribution in [2.24, 2.45) is 0 Å². The second kappa shape index (κ2) is 10.4. The lowest BCUT2D eigenvalue weighted by molar-refractivity contribution is -0.274. The number of aromatic nitrogens is 5. The Hall–Kier alpha value is -4.17.